The van der Waals surface area contributed by atoms with Crippen LogP contribution < -0.4 is 10.5 Å². The summed E-state index contributed by atoms with van der Waals surface area (Å²) in [6.07, 6.45) is 2.52. The van der Waals surface area contributed by atoms with E-state index in [4.69, 9.17) is 5.41 Å². The average Bonchev–Trinajstić information content (AvgIpc) is 1.83. The van der Waals surface area contributed by atoms with Gasteiger partial charge in [0.15, 0.2) is 0 Å². The molecule has 0 aromatic carbocycles. The molecule has 48 valence electrons. The third kappa shape index (κ3) is 0.883. The van der Waals surface area contributed by atoms with Gasteiger partial charge in [-0.1, -0.05) is 4.85 Å². The number of hydrogen-bond acceptors (Lipinski definition) is 3. The van der Waals surface area contributed by atoms with Gasteiger partial charge in [0.25, 0.3) is 5.62 Å². The summed E-state index contributed by atoms with van der Waals surface area (Å²) in [6, 6.07) is 0. The largest absolute Gasteiger partial charge is 0.596 e. The molecule has 0 saturated heterocycles. The van der Waals surface area contributed by atoms with E-state index in [1.165, 1.54) is 19.4 Å². The van der Waals surface area contributed by atoms with Gasteiger partial charge in [0.05, 0.1) is 13.2 Å². The first-order chi connectivity index (χ1) is 4.22. The van der Waals surface area contributed by atoms with Gasteiger partial charge in [-0.2, -0.15) is 0 Å². The highest BCUT2D eigenvalue weighted by molar-refractivity contribution is 4.55. The Bertz CT molecular complexity index is 266. The smallest absolute Gasteiger partial charge is 0.275 e. The van der Waals surface area contributed by atoms with E-state index in [2.05, 4.69) is 4.98 Å². The topological polar surface area (TPSA) is 68.6 Å². The Hall–Kier alpha value is -1.39. The van der Waals surface area contributed by atoms with E-state index in [0.717, 1.165) is 4.68 Å². The molecule has 5 heteroatoms. The van der Waals surface area contributed by atoms with Crippen molar-refractivity contribution >= 4 is 0 Å². The van der Waals surface area contributed by atoms with E-state index < -0.39 is 0 Å². The Morgan fingerprint density at radius 1 is 1.89 bits per heavy atom. The van der Waals surface area contributed by atoms with Gasteiger partial charge in [-0.05, 0) is 0 Å². The second kappa shape index (κ2) is 1.85. The van der Waals surface area contributed by atoms with Crippen LogP contribution in [0, 0.1) is 10.6 Å². The summed E-state index contributed by atoms with van der Waals surface area (Å²) in [6.45, 7) is 0. The summed E-state index contributed by atoms with van der Waals surface area (Å²) in [7, 11) is 1.47. The summed E-state index contributed by atoms with van der Waals surface area (Å²) in [5.41, 5.74) is -0.0486. The van der Waals surface area contributed by atoms with Crippen molar-refractivity contribution in [1.82, 2.24) is 9.67 Å². The van der Waals surface area contributed by atoms with E-state index in [1.54, 1.807) is 0 Å². The minimum Gasteiger partial charge on any atom is -0.596 e. The number of rotatable bonds is 0. The maximum absolute atomic E-state index is 10.6. The third-order valence-electron chi connectivity index (χ3n) is 0.993. The zero-order valence-electron chi connectivity index (χ0n) is 4.90. The molecule has 0 amide bonds. The maximum atomic E-state index is 10.6. The highest BCUT2D eigenvalue weighted by atomic mass is 16.5. The lowest BCUT2D eigenvalue weighted by Gasteiger charge is -1.97. The Morgan fingerprint density at radius 3 is 3.00 bits per heavy atom. The lowest BCUT2D eigenvalue weighted by Crippen LogP contribution is -2.46. The summed E-state index contributed by atoms with van der Waals surface area (Å²) < 4.78 is 1.08. The summed E-state index contributed by atoms with van der Waals surface area (Å²) in [5, 5.41) is 17.6. The van der Waals surface area contributed by atoms with Crippen LogP contribution in [0.15, 0.2) is 12.4 Å². The maximum Gasteiger partial charge on any atom is 0.275 e. The second-order valence-electron chi connectivity index (χ2n) is 1.58. The molecule has 1 N–H and O–H groups in total. The van der Waals surface area contributed by atoms with Crippen LogP contribution in [0.2, 0.25) is 0 Å². The van der Waals surface area contributed by atoms with Crippen LogP contribution in [0.1, 0.15) is 0 Å². The lowest BCUT2D eigenvalue weighted by molar-refractivity contribution is -0.699. The molecule has 9 heavy (non-hydrogen) atoms. The van der Waals surface area contributed by atoms with Crippen molar-refractivity contribution in [2.24, 2.45) is 7.05 Å². The van der Waals surface area contributed by atoms with Gasteiger partial charge in [-0.3, -0.25) is 5.41 Å². The van der Waals surface area contributed by atoms with Crippen LogP contribution in [-0.2, 0) is 7.05 Å². The number of nitrogens with zero attached hydrogens (tertiary/aromatic N) is 3. The van der Waals surface area contributed by atoms with Crippen LogP contribution in [0.5, 0.6) is 0 Å². The second-order valence-corrected chi connectivity index (χ2v) is 1.58. The molecular weight excluding hydrogens is 120 g/mol. The molecular formula is C4H6N4O. The zero-order chi connectivity index (χ0) is 6.85. The Labute approximate surface area is 51.3 Å². The Kier molecular flexibility index (Phi) is 1.18. The van der Waals surface area contributed by atoms with E-state index in [9.17, 15) is 5.21 Å². The molecule has 0 unspecified atom stereocenters. The molecule has 0 bridgehead atoms. The van der Waals surface area contributed by atoms with Crippen molar-refractivity contribution in [2.75, 3.05) is 0 Å². The van der Waals surface area contributed by atoms with E-state index in [0.29, 0.717) is 4.85 Å². The predicted molar refractivity (Wildman–Crippen MR) is 28.0 cm³/mol. The molecule has 1 rings (SSSR count). The highest BCUT2D eigenvalue weighted by Crippen LogP contribution is 1.57. The molecule has 0 spiro atoms. The van der Waals surface area contributed by atoms with Crippen LogP contribution in [0.3, 0.4) is 0 Å². The monoisotopic (exact) mass is 126 g/mol. The van der Waals surface area contributed by atoms with Crippen molar-refractivity contribution < 1.29 is 4.85 Å². The number of hydrogen-bond donors (Lipinski definition) is 1. The van der Waals surface area contributed by atoms with Crippen LogP contribution in [0.4, 0.5) is 0 Å². The fraction of sp³-hybridized carbons (Fsp3) is 0.250. The predicted octanol–water partition coefficient (Wildman–Crippen LogP) is -1.47. The van der Waals surface area contributed by atoms with Gasteiger partial charge in [0.2, 0.25) is 6.20 Å². The molecule has 0 saturated carbocycles. The SMILES string of the molecule is Cn1c(=N)ncc[n+]1[O-]. The van der Waals surface area contributed by atoms with Crippen molar-refractivity contribution in [3.05, 3.63) is 23.2 Å². The normalized spacial score (nSPS) is 9.44. The minimum absolute atomic E-state index is 0.0486. The van der Waals surface area contributed by atoms with Gasteiger partial charge in [0, 0.05) is 0 Å². The number of aromatic nitrogens is 3. The summed E-state index contributed by atoms with van der Waals surface area (Å²) in [5.74, 6) is 0. The van der Waals surface area contributed by atoms with Gasteiger partial charge < -0.3 is 5.21 Å². The fourth-order valence-electron chi connectivity index (χ4n) is 0.438. The van der Waals surface area contributed by atoms with Gasteiger partial charge in [0.1, 0.15) is 0 Å². The first-order valence-electron chi connectivity index (χ1n) is 2.38. The molecule has 5 nitrogen and oxygen atoms in total. The highest BCUT2D eigenvalue weighted by Gasteiger charge is 1.91. The van der Waals surface area contributed by atoms with Gasteiger partial charge >= 0.3 is 0 Å². The van der Waals surface area contributed by atoms with Crippen molar-refractivity contribution in [2.45, 2.75) is 0 Å². The molecule has 1 aromatic heterocycles. The quantitative estimate of drug-likeness (QED) is 0.340. The van der Waals surface area contributed by atoms with Gasteiger partial charge in [-0.15, -0.1) is 4.68 Å². The minimum atomic E-state index is -0.0486. The molecule has 0 aliphatic carbocycles. The van der Waals surface area contributed by atoms with Crippen molar-refractivity contribution in [3.63, 3.8) is 0 Å². The van der Waals surface area contributed by atoms with Gasteiger partial charge in [-0.25, -0.2) is 4.98 Å². The Balaban J connectivity index is 3.43. The Morgan fingerprint density at radius 2 is 2.56 bits per heavy atom. The summed E-state index contributed by atoms with van der Waals surface area (Å²) in [4.78, 5) is 4.09. The molecule has 0 aliphatic rings. The van der Waals surface area contributed by atoms with E-state index in [1.807, 2.05) is 0 Å². The van der Waals surface area contributed by atoms with E-state index >= 15 is 0 Å². The third-order valence-corrected chi connectivity index (χ3v) is 0.993. The summed E-state index contributed by atoms with van der Waals surface area (Å²) >= 11 is 0. The standard InChI is InChI=1S/C4H6N4O/c1-7-4(5)6-2-3-8(7)9/h2-3,5H,1H3. The van der Waals surface area contributed by atoms with E-state index in [-0.39, 0.29) is 5.62 Å². The molecule has 1 aromatic rings. The lowest BCUT2D eigenvalue weighted by atomic mass is 10.9. The first-order valence-corrected chi connectivity index (χ1v) is 2.38. The molecule has 0 radical (unpaired) electrons. The van der Waals surface area contributed by atoms with Crippen LogP contribution in [-0.4, -0.2) is 9.67 Å². The van der Waals surface area contributed by atoms with Crippen molar-refractivity contribution in [1.29, 1.82) is 5.41 Å². The number of nitrogens with one attached hydrogen (secondary N) is 1. The molecule has 0 aliphatic heterocycles. The van der Waals surface area contributed by atoms with Crippen molar-refractivity contribution in [3.8, 4) is 0 Å². The average molecular weight is 126 g/mol. The zero-order valence-corrected chi connectivity index (χ0v) is 4.90. The molecule has 1 heterocycles. The van der Waals surface area contributed by atoms with Crippen LogP contribution >= 0.6 is 0 Å². The van der Waals surface area contributed by atoms with Crippen LogP contribution in [0.25, 0.3) is 0 Å². The molecule has 0 atom stereocenters. The first kappa shape index (κ1) is 5.74. The fourth-order valence-corrected chi connectivity index (χ4v) is 0.438. The molecule has 0 fully saturated rings.